The first-order valence-electron chi connectivity index (χ1n) is 6.93. The van der Waals surface area contributed by atoms with Crippen molar-refractivity contribution in [1.82, 2.24) is 9.55 Å². The van der Waals surface area contributed by atoms with Crippen LogP contribution in [0.1, 0.15) is 18.2 Å². The highest BCUT2D eigenvalue weighted by Gasteiger charge is 2.35. The molecular weight excluding hydrogens is 291 g/mol. The third kappa shape index (κ3) is 2.86. The predicted octanol–water partition coefficient (Wildman–Crippen LogP) is 0.567. The lowest BCUT2D eigenvalue weighted by Gasteiger charge is -2.16. The van der Waals surface area contributed by atoms with E-state index in [2.05, 4.69) is 0 Å². The minimum Gasteiger partial charge on any atom is -0.390 e. The largest absolute Gasteiger partial charge is 0.390 e. The number of nitrogens with zero attached hydrogens (tertiary/aromatic N) is 1. The minimum atomic E-state index is -1.07. The van der Waals surface area contributed by atoms with Crippen molar-refractivity contribution in [3.63, 3.8) is 0 Å². The Morgan fingerprint density at radius 3 is 2.77 bits per heavy atom. The van der Waals surface area contributed by atoms with Crippen LogP contribution < -0.4 is 11.2 Å². The van der Waals surface area contributed by atoms with Crippen LogP contribution in [0.25, 0.3) is 0 Å². The summed E-state index contributed by atoms with van der Waals surface area (Å²) >= 11 is 0. The fourth-order valence-electron chi connectivity index (χ4n) is 2.59. The van der Waals surface area contributed by atoms with Crippen LogP contribution in [-0.4, -0.2) is 26.9 Å². The fourth-order valence-corrected chi connectivity index (χ4v) is 2.59. The van der Waals surface area contributed by atoms with E-state index in [-0.39, 0.29) is 6.42 Å². The van der Waals surface area contributed by atoms with Crippen molar-refractivity contribution < 1.29 is 14.2 Å². The molecule has 2 aromatic rings. The molecule has 1 saturated heterocycles. The maximum atomic E-state index is 13.3. The lowest BCUT2D eigenvalue weighted by molar-refractivity contribution is -0.0201. The van der Waals surface area contributed by atoms with E-state index in [1.807, 2.05) is 35.3 Å². The van der Waals surface area contributed by atoms with Gasteiger partial charge in [0.25, 0.3) is 5.56 Å². The van der Waals surface area contributed by atoms with Crippen LogP contribution in [0.15, 0.2) is 46.1 Å². The molecule has 0 bridgehead atoms. The Labute approximate surface area is 124 Å². The van der Waals surface area contributed by atoms with Gasteiger partial charge in [-0.25, -0.2) is 4.79 Å². The number of hydrogen-bond acceptors (Lipinski definition) is 4. The van der Waals surface area contributed by atoms with Crippen LogP contribution in [0.4, 0.5) is 4.39 Å². The number of nitrogens with one attached hydrogen (secondary N) is 1. The summed E-state index contributed by atoms with van der Waals surface area (Å²) < 4.78 is 20.0. The van der Waals surface area contributed by atoms with Gasteiger partial charge in [0.2, 0.25) is 5.82 Å². The molecule has 0 radical (unpaired) electrons. The van der Waals surface area contributed by atoms with Gasteiger partial charge in [-0.05, 0) is 5.56 Å². The first-order chi connectivity index (χ1) is 10.5. The van der Waals surface area contributed by atoms with Crippen molar-refractivity contribution >= 4 is 0 Å². The Morgan fingerprint density at radius 1 is 1.32 bits per heavy atom. The lowest BCUT2D eigenvalue weighted by atomic mass is 10.0. The highest BCUT2D eigenvalue weighted by atomic mass is 19.1. The molecule has 0 spiro atoms. The number of hydrogen-bond donors (Lipinski definition) is 2. The zero-order chi connectivity index (χ0) is 15.7. The van der Waals surface area contributed by atoms with E-state index in [0.29, 0.717) is 6.42 Å². The zero-order valence-electron chi connectivity index (χ0n) is 11.6. The van der Waals surface area contributed by atoms with Gasteiger partial charge in [0, 0.05) is 12.8 Å². The SMILES string of the molecule is O=c1[nH]c(=O)n(C2C[C@H](O)[C@@H](Cc3ccccc3)O2)cc1F. The first-order valence-corrected chi connectivity index (χ1v) is 6.93. The molecule has 1 unspecified atom stereocenters. The Balaban J connectivity index is 1.80. The summed E-state index contributed by atoms with van der Waals surface area (Å²) in [6.45, 7) is 0. The van der Waals surface area contributed by atoms with Crippen LogP contribution in [0, 0.1) is 5.82 Å². The van der Waals surface area contributed by atoms with E-state index in [4.69, 9.17) is 4.74 Å². The number of ether oxygens (including phenoxy) is 1. The van der Waals surface area contributed by atoms with Crippen LogP contribution >= 0.6 is 0 Å². The van der Waals surface area contributed by atoms with Gasteiger partial charge in [-0.2, -0.15) is 4.39 Å². The lowest BCUT2D eigenvalue weighted by Crippen LogP contribution is -2.33. The Morgan fingerprint density at radius 2 is 2.05 bits per heavy atom. The quantitative estimate of drug-likeness (QED) is 0.868. The van der Waals surface area contributed by atoms with Gasteiger partial charge >= 0.3 is 5.69 Å². The standard InChI is InChI=1S/C15H15FN2O4/c16-10-8-18(15(21)17-14(10)20)13-7-11(19)12(22-13)6-9-4-2-1-3-5-9/h1-5,8,11-13,19H,6-7H2,(H,17,20,21)/t11-,12+,13?/m0/s1. The molecule has 2 N–H and O–H groups in total. The molecule has 22 heavy (non-hydrogen) atoms. The van der Waals surface area contributed by atoms with Crippen molar-refractivity contribution in [3.05, 3.63) is 68.7 Å². The molecular formula is C15H15FN2O4. The molecule has 2 heterocycles. The molecule has 7 heteroatoms. The van der Waals surface area contributed by atoms with Crippen molar-refractivity contribution in [3.8, 4) is 0 Å². The second-order valence-electron chi connectivity index (χ2n) is 5.27. The summed E-state index contributed by atoms with van der Waals surface area (Å²) in [5.74, 6) is -1.07. The Kier molecular flexibility index (Phi) is 3.91. The number of aliphatic hydroxyl groups excluding tert-OH is 1. The molecule has 1 aliphatic heterocycles. The Bertz CT molecular complexity index is 771. The summed E-state index contributed by atoms with van der Waals surface area (Å²) in [4.78, 5) is 24.7. The summed E-state index contributed by atoms with van der Waals surface area (Å²) in [7, 11) is 0. The monoisotopic (exact) mass is 306 g/mol. The molecule has 3 atom stereocenters. The van der Waals surface area contributed by atoms with E-state index < -0.39 is 35.5 Å². The smallest absolute Gasteiger partial charge is 0.330 e. The van der Waals surface area contributed by atoms with Crippen LogP contribution in [0.5, 0.6) is 0 Å². The molecule has 1 fully saturated rings. The molecule has 1 aromatic carbocycles. The van der Waals surface area contributed by atoms with Crippen molar-refractivity contribution in [2.75, 3.05) is 0 Å². The number of aromatic amines is 1. The highest BCUT2D eigenvalue weighted by Crippen LogP contribution is 2.29. The average Bonchev–Trinajstić information content (AvgIpc) is 2.85. The van der Waals surface area contributed by atoms with E-state index in [1.54, 1.807) is 0 Å². The van der Waals surface area contributed by atoms with E-state index in [1.165, 1.54) is 0 Å². The van der Waals surface area contributed by atoms with Crippen LogP contribution in [0.3, 0.4) is 0 Å². The second-order valence-corrected chi connectivity index (χ2v) is 5.27. The van der Waals surface area contributed by atoms with Gasteiger partial charge in [0.1, 0.15) is 6.23 Å². The predicted molar refractivity (Wildman–Crippen MR) is 76.0 cm³/mol. The number of aliphatic hydroxyl groups is 1. The van der Waals surface area contributed by atoms with Crippen LogP contribution in [-0.2, 0) is 11.2 Å². The molecule has 0 amide bonds. The second kappa shape index (κ2) is 5.86. The van der Waals surface area contributed by atoms with Crippen molar-refractivity contribution in [2.24, 2.45) is 0 Å². The third-order valence-corrected chi connectivity index (χ3v) is 3.72. The molecule has 1 aromatic heterocycles. The molecule has 6 nitrogen and oxygen atoms in total. The highest BCUT2D eigenvalue weighted by molar-refractivity contribution is 5.16. The molecule has 116 valence electrons. The van der Waals surface area contributed by atoms with E-state index in [9.17, 15) is 19.1 Å². The summed E-state index contributed by atoms with van der Waals surface area (Å²) in [6.07, 6.45) is -0.616. The zero-order valence-corrected chi connectivity index (χ0v) is 11.6. The average molecular weight is 306 g/mol. The number of benzene rings is 1. The van der Waals surface area contributed by atoms with Crippen LogP contribution in [0.2, 0.25) is 0 Å². The van der Waals surface area contributed by atoms with Gasteiger partial charge in [0.15, 0.2) is 0 Å². The number of halogens is 1. The van der Waals surface area contributed by atoms with Gasteiger partial charge in [-0.15, -0.1) is 0 Å². The Hall–Kier alpha value is -2.25. The number of aromatic nitrogens is 2. The normalized spacial score (nSPS) is 24.5. The number of H-pyrrole nitrogens is 1. The van der Waals surface area contributed by atoms with Gasteiger partial charge < -0.3 is 9.84 Å². The molecule has 1 aliphatic rings. The minimum absolute atomic E-state index is 0.156. The molecule has 3 rings (SSSR count). The fraction of sp³-hybridized carbons (Fsp3) is 0.333. The first kappa shape index (κ1) is 14.7. The maximum absolute atomic E-state index is 13.3. The topological polar surface area (TPSA) is 84.3 Å². The summed E-state index contributed by atoms with van der Waals surface area (Å²) in [6, 6.07) is 9.48. The maximum Gasteiger partial charge on any atom is 0.330 e. The number of rotatable bonds is 3. The van der Waals surface area contributed by atoms with Gasteiger partial charge in [-0.1, -0.05) is 30.3 Å². The third-order valence-electron chi connectivity index (χ3n) is 3.72. The van der Waals surface area contributed by atoms with E-state index >= 15 is 0 Å². The van der Waals surface area contributed by atoms with Crippen molar-refractivity contribution in [1.29, 1.82) is 0 Å². The van der Waals surface area contributed by atoms with Gasteiger partial charge in [-0.3, -0.25) is 14.3 Å². The summed E-state index contributed by atoms with van der Waals surface area (Å²) in [5, 5.41) is 10.1. The molecule has 0 saturated carbocycles. The van der Waals surface area contributed by atoms with Gasteiger partial charge in [0.05, 0.1) is 18.4 Å². The van der Waals surface area contributed by atoms with E-state index in [0.717, 1.165) is 16.3 Å². The summed E-state index contributed by atoms with van der Waals surface area (Å²) in [5.41, 5.74) is -0.836. The van der Waals surface area contributed by atoms with Crippen molar-refractivity contribution in [2.45, 2.75) is 31.3 Å². The molecule has 0 aliphatic carbocycles.